The van der Waals surface area contributed by atoms with Crippen molar-refractivity contribution >= 4 is 34.7 Å². The first-order valence-corrected chi connectivity index (χ1v) is 9.88. The van der Waals surface area contributed by atoms with Gasteiger partial charge in [0.2, 0.25) is 0 Å². The molecule has 0 aliphatic carbocycles. The zero-order valence-electron chi connectivity index (χ0n) is 16.8. The summed E-state index contributed by atoms with van der Waals surface area (Å²) in [5, 5.41) is 13.8. The molecule has 1 N–H and O–H groups in total. The molecule has 0 unspecified atom stereocenters. The molecule has 0 aliphatic heterocycles. The zero-order valence-corrected chi connectivity index (χ0v) is 17.6. The first-order valence-electron chi connectivity index (χ1n) is 9.07. The number of para-hydroxylation sites is 2. The second-order valence-electron chi connectivity index (χ2n) is 6.58. The Morgan fingerprint density at radius 2 is 1.77 bits per heavy atom. The van der Waals surface area contributed by atoms with Crippen molar-refractivity contribution in [3.63, 3.8) is 0 Å². The topological polar surface area (TPSA) is 84.7 Å². The van der Waals surface area contributed by atoms with Crippen LogP contribution >= 0.6 is 11.8 Å². The van der Waals surface area contributed by atoms with Gasteiger partial charge < -0.3 is 15.0 Å². The number of rotatable bonds is 7. The van der Waals surface area contributed by atoms with Gasteiger partial charge in [0.15, 0.2) is 0 Å². The summed E-state index contributed by atoms with van der Waals surface area (Å²) >= 11 is 1.37. The predicted molar refractivity (Wildman–Crippen MR) is 119 cm³/mol. The quantitative estimate of drug-likeness (QED) is 0.422. The van der Waals surface area contributed by atoms with Gasteiger partial charge in [-0.15, -0.1) is 0 Å². The third kappa shape index (κ3) is 4.90. The number of non-ortho nitro benzene ring substituents is 1. The van der Waals surface area contributed by atoms with Crippen molar-refractivity contribution in [3.05, 3.63) is 82.4 Å². The van der Waals surface area contributed by atoms with Gasteiger partial charge in [-0.25, -0.2) is 0 Å². The van der Waals surface area contributed by atoms with Crippen LogP contribution in [0.15, 0.2) is 76.5 Å². The van der Waals surface area contributed by atoms with Crippen LogP contribution in [0.4, 0.5) is 17.1 Å². The second-order valence-corrected chi connectivity index (χ2v) is 7.70. The van der Waals surface area contributed by atoms with E-state index in [1.165, 1.54) is 23.9 Å². The number of nitro groups is 1. The van der Waals surface area contributed by atoms with Gasteiger partial charge in [-0.3, -0.25) is 14.9 Å². The predicted octanol–water partition coefficient (Wildman–Crippen LogP) is 5.07. The average Bonchev–Trinajstić information content (AvgIpc) is 2.74. The Labute approximate surface area is 178 Å². The molecule has 3 aromatic carbocycles. The summed E-state index contributed by atoms with van der Waals surface area (Å²) in [4.78, 5) is 27.0. The van der Waals surface area contributed by atoms with Crippen molar-refractivity contribution in [2.45, 2.75) is 9.79 Å². The molecule has 0 fully saturated rings. The molecular weight excluding hydrogens is 402 g/mol. The molecule has 0 aliphatic rings. The third-order valence-corrected chi connectivity index (χ3v) is 5.44. The maximum absolute atomic E-state index is 13.1. The summed E-state index contributed by atoms with van der Waals surface area (Å²) in [6, 6.07) is 19.1. The number of amides is 1. The summed E-state index contributed by atoms with van der Waals surface area (Å²) in [6.45, 7) is 0. The van der Waals surface area contributed by atoms with E-state index in [1.54, 1.807) is 31.4 Å². The Morgan fingerprint density at radius 3 is 2.40 bits per heavy atom. The van der Waals surface area contributed by atoms with E-state index in [-0.39, 0.29) is 11.6 Å². The van der Waals surface area contributed by atoms with Gasteiger partial charge in [0.05, 0.1) is 23.3 Å². The van der Waals surface area contributed by atoms with Gasteiger partial charge in [0, 0.05) is 41.7 Å². The van der Waals surface area contributed by atoms with Crippen LogP contribution in [-0.2, 0) is 0 Å². The largest absolute Gasteiger partial charge is 0.495 e. The van der Waals surface area contributed by atoms with E-state index in [1.807, 2.05) is 49.3 Å². The molecule has 3 aromatic rings. The number of carbonyl (C=O) groups is 1. The molecule has 1 amide bonds. The summed E-state index contributed by atoms with van der Waals surface area (Å²) in [7, 11) is 5.36. The highest BCUT2D eigenvalue weighted by atomic mass is 32.2. The van der Waals surface area contributed by atoms with Crippen LogP contribution in [0.25, 0.3) is 0 Å². The van der Waals surface area contributed by atoms with E-state index in [0.717, 1.165) is 15.5 Å². The molecule has 0 aromatic heterocycles. The molecule has 0 saturated carbocycles. The van der Waals surface area contributed by atoms with E-state index < -0.39 is 4.92 Å². The normalized spacial score (nSPS) is 10.4. The van der Waals surface area contributed by atoms with Crippen molar-refractivity contribution in [2.75, 3.05) is 31.4 Å². The van der Waals surface area contributed by atoms with Crippen LogP contribution in [0.2, 0.25) is 0 Å². The number of nitro benzene ring substituents is 1. The van der Waals surface area contributed by atoms with Gasteiger partial charge in [0.1, 0.15) is 5.75 Å². The molecular formula is C22H21N3O4S. The smallest absolute Gasteiger partial charge is 0.269 e. The number of hydrogen-bond donors (Lipinski definition) is 1. The van der Waals surface area contributed by atoms with Crippen molar-refractivity contribution in [3.8, 4) is 5.75 Å². The molecule has 8 heteroatoms. The lowest BCUT2D eigenvalue weighted by Gasteiger charge is -2.17. The molecule has 0 saturated heterocycles. The lowest BCUT2D eigenvalue weighted by atomic mass is 10.1. The number of methoxy groups -OCH3 is 1. The molecule has 154 valence electrons. The van der Waals surface area contributed by atoms with Crippen molar-refractivity contribution in [1.82, 2.24) is 0 Å². The lowest BCUT2D eigenvalue weighted by Crippen LogP contribution is -2.16. The molecule has 30 heavy (non-hydrogen) atoms. The summed E-state index contributed by atoms with van der Waals surface area (Å²) < 4.78 is 5.32. The Kier molecular flexibility index (Phi) is 6.58. The number of nitrogens with zero attached hydrogens (tertiary/aromatic N) is 2. The number of benzene rings is 3. The van der Waals surface area contributed by atoms with Crippen LogP contribution in [-0.4, -0.2) is 32.0 Å². The van der Waals surface area contributed by atoms with Gasteiger partial charge >= 0.3 is 0 Å². The summed E-state index contributed by atoms with van der Waals surface area (Å²) in [5.41, 5.74) is 1.98. The van der Waals surface area contributed by atoms with E-state index >= 15 is 0 Å². The zero-order chi connectivity index (χ0) is 21.7. The maximum Gasteiger partial charge on any atom is 0.269 e. The monoisotopic (exact) mass is 423 g/mol. The van der Waals surface area contributed by atoms with Gasteiger partial charge in [-0.1, -0.05) is 23.9 Å². The van der Waals surface area contributed by atoms with E-state index in [4.69, 9.17) is 4.74 Å². The van der Waals surface area contributed by atoms with Gasteiger partial charge in [0.25, 0.3) is 11.6 Å². The number of carbonyl (C=O) groups excluding carboxylic acids is 1. The fourth-order valence-corrected chi connectivity index (χ4v) is 3.69. The van der Waals surface area contributed by atoms with Crippen LogP contribution in [0, 0.1) is 10.1 Å². The highest BCUT2D eigenvalue weighted by Crippen LogP contribution is 2.34. The molecule has 0 spiro atoms. The standard InChI is InChI=1S/C22H21N3O4S/c1-24(2)16-10-13-21(30-17-11-8-15(9-12-17)25(27)28)18(14-16)22(26)23-19-6-4-5-7-20(19)29-3/h4-14H,1-3H3,(H,23,26). The fourth-order valence-electron chi connectivity index (χ4n) is 2.76. The lowest BCUT2D eigenvalue weighted by molar-refractivity contribution is -0.384. The van der Waals surface area contributed by atoms with Crippen molar-refractivity contribution in [2.24, 2.45) is 0 Å². The summed E-state index contributed by atoms with van der Waals surface area (Å²) in [6.07, 6.45) is 0. The minimum Gasteiger partial charge on any atom is -0.495 e. The molecule has 7 nitrogen and oxygen atoms in total. The minimum atomic E-state index is -0.438. The van der Waals surface area contributed by atoms with E-state index in [2.05, 4.69) is 5.32 Å². The molecule has 0 atom stereocenters. The number of ether oxygens (including phenoxy) is 1. The molecule has 0 radical (unpaired) electrons. The Morgan fingerprint density at radius 1 is 1.07 bits per heavy atom. The van der Waals surface area contributed by atoms with Crippen molar-refractivity contribution in [1.29, 1.82) is 0 Å². The molecule has 0 bridgehead atoms. The fraction of sp³-hybridized carbons (Fsp3) is 0.136. The second kappa shape index (κ2) is 9.32. The first kappa shape index (κ1) is 21.2. The third-order valence-electron chi connectivity index (χ3n) is 4.35. The van der Waals surface area contributed by atoms with Crippen LogP contribution < -0.4 is 15.0 Å². The van der Waals surface area contributed by atoms with E-state index in [0.29, 0.717) is 17.0 Å². The Bertz CT molecular complexity index is 1070. The summed E-state index contributed by atoms with van der Waals surface area (Å²) in [5.74, 6) is 0.298. The highest BCUT2D eigenvalue weighted by molar-refractivity contribution is 7.99. The Hall–Kier alpha value is -3.52. The highest BCUT2D eigenvalue weighted by Gasteiger charge is 2.16. The van der Waals surface area contributed by atoms with Crippen LogP contribution in [0.1, 0.15) is 10.4 Å². The number of hydrogen-bond acceptors (Lipinski definition) is 6. The molecule has 3 rings (SSSR count). The van der Waals surface area contributed by atoms with E-state index in [9.17, 15) is 14.9 Å². The SMILES string of the molecule is COc1ccccc1NC(=O)c1cc(N(C)C)ccc1Sc1ccc([N+](=O)[O-])cc1. The first-order chi connectivity index (χ1) is 14.4. The van der Waals surface area contributed by atoms with Gasteiger partial charge in [-0.2, -0.15) is 0 Å². The maximum atomic E-state index is 13.1. The van der Waals surface area contributed by atoms with Gasteiger partial charge in [-0.05, 0) is 42.5 Å². The Balaban J connectivity index is 1.93. The number of nitrogens with one attached hydrogen (secondary N) is 1. The number of anilines is 2. The average molecular weight is 423 g/mol. The molecule has 0 heterocycles. The van der Waals surface area contributed by atoms with Crippen molar-refractivity contribution < 1.29 is 14.5 Å². The van der Waals surface area contributed by atoms with Crippen LogP contribution in [0.5, 0.6) is 5.75 Å². The van der Waals surface area contributed by atoms with Crippen LogP contribution in [0.3, 0.4) is 0 Å². The minimum absolute atomic E-state index is 0.0245.